The van der Waals surface area contributed by atoms with Crippen LogP contribution in [0, 0.1) is 29.6 Å². The van der Waals surface area contributed by atoms with E-state index in [1.165, 1.54) is 32.1 Å². The lowest BCUT2D eigenvalue weighted by molar-refractivity contribution is -0.129. The van der Waals surface area contributed by atoms with Gasteiger partial charge in [0.05, 0.1) is 12.1 Å². The third-order valence-electron chi connectivity index (χ3n) is 8.98. The Bertz CT molecular complexity index is 714. The van der Waals surface area contributed by atoms with Crippen LogP contribution in [0.4, 0.5) is 4.79 Å². The maximum absolute atomic E-state index is 13.4. The first-order chi connectivity index (χ1) is 15.6. The van der Waals surface area contributed by atoms with Crippen LogP contribution < -0.4 is 5.32 Å². The summed E-state index contributed by atoms with van der Waals surface area (Å²) < 4.78 is 5.51. The van der Waals surface area contributed by atoms with Crippen molar-refractivity contribution in [3.63, 3.8) is 0 Å². The molecular formula is C26H43N3O4. The van der Waals surface area contributed by atoms with E-state index in [1.807, 2.05) is 20.8 Å². The average Bonchev–Trinajstić information content (AvgIpc) is 3.09. The average molecular weight is 462 g/mol. The Morgan fingerprint density at radius 2 is 1.58 bits per heavy atom. The second kappa shape index (κ2) is 9.03. The quantitative estimate of drug-likeness (QED) is 0.673. The first-order valence-electron chi connectivity index (χ1n) is 13.3. The molecule has 33 heavy (non-hydrogen) atoms. The maximum atomic E-state index is 13.4. The highest BCUT2D eigenvalue weighted by atomic mass is 16.6. The number of amides is 2. The van der Waals surface area contributed by atoms with Crippen LogP contribution in [0.15, 0.2) is 0 Å². The Morgan fingerprint density at radius 3 is 2.15 bits per heavy atom. The highest BCUT2D eigenvalue weighted by Gasteiger charge is 2.49. The molecule has 4 aliphatic carbocycles. The van der Waals surface area contributed by atoms with E-state index in [9.17, 15) is 14.7 Å². The molecule has 0 spiro atoms. The molecule has 186 valence electrons. The second-order valence-corrected chi connectivity index (χ2v) is 12.7. The molecule has 2 atom stereocenters. The molecule has 2 aliphatic heterocycles. The van der Waals surface area contributed by atoms with Crippen molar-refractivity contribution in [2.75, 3.05) is 26.2 Å². The fourth-order valence-electron chi connectivity index (χ4n) is 7.73. The minimum atomic E-state index is -0.475. The highest BCUT2D eigenvalue weighted by molar-refractivity contribution is 5.82. The van der Waals surface area contributed by atoms with Crippen molar-refractivity contribution in [1.82, 2.24) is 15.1 Å². The topological polar surface area (TPSA) is 82.1 Å². The summed E-state index contributed by atoms with van der Waals surface area (Å²) in [4.78, 5) is 29.7. The van der Waals surface area contributed by atoms with Gasteiger partial charge in [0.2, 0.25) is 5.91 Å². The van der Waals surface area contributed by atoms with Crippen LogP contribution in [0.25, 0.3) is 0 Å². The molecule has 0 aromatic rings. The summed E-state index contributed by atoms with van der Waals surface area (Å²) in [5.41, 5.74) is -0.475. The summed E-state index contributed by atoms with van der Waals surface area (Å²) in [7, 11) is 0. The molecule has 4 saturated carbocycles. The van der Waals surface area contributed by atoms with Crippen LogP contribution in [0.2, 0.25) is 0 Å². The van der Waals surface area contributed by atoms with Crippen molar-refractivity contribution in [3.05, 3.63) is 0 Å². The van der Waals surface area contributed by atoms with Crippen LogP contribution in [-0.4, -0.2) is 76.9 Å². The summed E-state index contributed by atoms with van der Waals surface area (Å²) in [5.74, 6) is 3.71. The van der Waals surface area contributed by atoms with Crippen molar-refractivity contribution in [2.45, 2.75) is 95.9 Å². The zero-order valence-corrected chi connectivity index (χ0v) is 20.7. The van der Waals surface area contributed by atoms with E-state index in [4.69, 9.17) is 4.74 Å². The Hall–Kier alpha value is -1.34. The van der Waals surface area contributed by atoms with E-state index >= 15 is 0 Å². The van der Waals surface area contributed by atoms with Gasteiger partial charge in [-0.2, -0.15) is 0 Å². The molecule has 0 aromatic carbocycles. The van der Waals surface area contributed by atoms with Crippen LogP contribution in [0.1, 0.15) is 72.1 Å². The lowest BCUT2D eigenvalue weighted by Crippen LogP contribution is -2.58. The van der Waals surface area contributed by atoms with Gasteiger partial charge in [-0.1, -0.05) is 0 Å². The van der Waals surface area contributed by atoms with Crippen molar-refractivity contribution >= 4 is 12.0 Å². The third-order valence-corrected chi connectivity index (χ3v) is 8.98. The number of ether oxygens (including phenoxy) is 1. The Balaban J connectivity index is 1.13. The van der Waals surface area contributed by atoms with E-state index in [-0.39, 0.29) is 18.0 Å². The molecule has 2 N–H and O–H groups in total. The second-order valence-electron chi connectivity index (χ2n) is 12.7. The van der Waals surface area contributed by atoms with Crippen LogP contribution in [-0.2, 0) is 9.53 Å². The fraction of sp³-hybridized carbons (Fsp3) is 0.923. The molecule has 2 amide bonds. The van der Waals surface area contributed by atoms with E-state index in [1.54, 1.807) is 4.90 Å². The van der Waals surface area contributed by atoms with E-state index in [0.717, 1.165) is 31.2 Å². The Kier molecular flexibility index (Phi) is 6.40. The van der Waals surface area contributed by atoms with Gasteiger partial charge < -0.3 is 20.1 Å². The first kappa shape index (κ1) is 23.4. The standard InChI is InChI=1S/C26H43N3O4/c1-26(2,3)33-25(32)28-6-4-16(5-7-28)14-29-15-21(30)13-22(29)24(31)27-23-19-9-17-8-18(11-19)12-20(23)10-17/h16-23,30H,4-15H2,1-3H3,(H,27,31). The maximum Gasteiger partial charge on any atom is 0.410 e. The number of nitrogens with zero attached hydrogens (tertiary/aromatic N) is 2. The van der Waals surface area contributed by atoms with Crippen molar-refractivity contribution in [3.8, 4) is 0 Å². The lowest BCUT2D eigenvalue weighted by atomic mass is 9.54. The third kappa shape index (κ3) is 5.19. The van der Waals surface area contributed by atoms with Gasteiger partial charge in [-0.25, -0.2) is 4.79 Å². The Morgan fingerprint density at radius 1 is 0.970 bits per heavy atom. The Labute approximate surface area is 198 Å². The molecule has 4 bridgehead atoms. The van der Waals surface area contributed by atoms with Gasteiger partial charge >= 0.3 is 6.09 Å². The summed E-state index contributed by atoms with van der Waals surface area (Å²) in [6.07, 6.45) is 8.31. The van der Waals surface area contributed by atoms with Gasteiger partial charge in [-0.3, -0.25) is 9.69 Å². The first-order valence-corrected chi connectivity index (χ1v) is 13.3. The monoisotopic (exact) mass is 461 g/mol. The molecule has 0 radical (unpaired) electrons. The highest BCUT2D eigenvalue weighted by Crippen LogP contribution is 2.53. The van der Waals surface area contributed by atoms with Crippen molar-refractivity contribution in [1.29, 1.82) is 0 Å². The number of carbonyl (C=O) groups is 2. The van der Waals surface area contributed by atoms with Gasteiger partial charge in [0, 0.05) is 32.2 Å². The van der Waals surface area contributed by atoms with E-state index < -0.39 is 11.7 Å². The molecule has 6 rings (SSSR count). The fourth-order valence-corrected chi connectivity index (χ4v) is 7.73. The molecule has 2 saturated heterocycles. The number of hydrogen-bond acceptors (Lipinski definition) is 5. The largest absolute Gasteiger partial charge is 0.444 e. The minimum Gasteiger partial charge on any atom is -0.444 e. The summed E-state index contributed by atoms with van der Waals surface area (Å²) >= 11 is 0. The molecule has 7 nitrogen and oxygen atoms in total. The summed E-state index contributed by atoms with van der Waals surface area (Å²) in [6, 6.07) is 0.128. The summed E-state index contributed by atoms with van der Waals surface area (Å²) in [5, 5.41) is 13.9. The number of piperidine rings is 1. The molecule has 2 heterocycles. The number of hydrogen-bond donors (Lipinski definition) is 2. The zero-order chi connectivity index (χ0) is 23.3. The van der Waals surface area contributed by atoms with Crippen molar-refractivity contribution < 1.29 is 19.4 Å². The number of carbonyl (C=O) groups excluding carboxylic acids is 2. The molecular weight excluding hydrogens is 418 g/mol. The van der Waals surface area contributed by atoms with Gasteiger partial charge in [-0.15, -0.1) is 0 Å². The predicted octanol–water partition coefficient (Wildman–Crippen LogP) is 3.01. The SMILES string of the molecule is CC(C)(C)OC(=O)N1CCC(CN2CC(O)CC2C(=O)NC2C3CC4CC(C3)CC2C4)CC1. The number of rotatable bonds is 4. The number of aliphatic hydroxyl groups is 1. The molecule has 7 heteroatoms. The lowest BCUT2D eigenvalue weighted by Gasteiger charge is -2.54. The minimum absolute atomic E-state index is 0.134. The molecule has 0 aromatic heterocycles. The van der Waals surface area contributed by atoms with Gasteiger partial charge in [-0.05, 0) is 102 Å². The van der Waals surface area contributed by atoms with Crippen LogP contribution in [0.3, 0.4) is 0 Å². The van der Waals surface area contributed by atoms with Gasteiger partial charge in [0.15, 0.2) is 0 Å². The van der Waals surface area contributed by atoms with Gasteiger partial charge in [0.25, 0.3) is 0 Å². The van der Waals surface area contributed by atoms with Crippen LogP contribution >= 0.6 is 0 Å². The molecule has 6 fully saturated rings. The van der Waals surface area contributed by atoms with E-state index in [2.05, 4.69) is 10.2 Å². The van der Waals surface area contributed by atoms with Crippen molar-refractivity contribution in [2.24, 2.45) is 29.6 Å². The summed E-state index contributed by atoms with van der Waals surface area (Å²) in [6.45, 7) is 8.46. The number of likely N-dealkylation sites (tertiary alicyclic amines) is 2. The number of β-amino-alcohol motifs (C(OH)–C–C–N with tert-alkyl or cyclic N) is 1. The molecule has 2 unspecified atom stereocenters. The zero-order valence-electron chi connectivity index (χ0n) is 20.7. The van der Waals surface area contributed by atoms with Crippen LogP contribution in [0.5, 0.6) is 0 Å². The normalized spacial score (nSPS) is 39.2. The number of aliphatic hydroxyl groups excluding tert-OH is 1. The predicted molar refractivity (Wildman–Crippen MR) is 125 cm³/mol. The smallest absolute Gasteiger partial charge is 0.410 e. The molecule has 6 aliphatic rings. The number of nitrogens with one attached hydrogen (secondary N) is 1. The van der Waals surface area contributed by atoms with Gasteiger partial charge in [0.1, 0.15) is 5.60 Å². The van der Waals surface area contributed by atoms with E-state index in [0.29, 0.717) is 49.9 Å².